The molecule has 1 N–H and O–H groups in total. The molecule has 0 unspecified atom stereocenters. The van der Waals surface area contributed by atoms with E-state index in [1.807, 2.05) is 17.1 Å². The van der Waals surface area contributed by atoms with Crippen LogP contribution in [0.15, 0.2) is 37.1 Å². The number of hydrogen-bond donors (Lipinski definition) is 1. The van der Waals surface area contributed by atoms with Crippen molar-refractivity contribution < 1.29 is 9.90 Å². The number of rotatable bonds is 4. The van der Waals surface area contributed by atoms with E-state index in [1.54, 1.807) is 24.5 Å². The van der Waals surface area contributed by atoms with E-state index in [2.05, 4.69) is 28.4 Å². The summed E-state index contributed by atoms with van der Waals surface area (Å²) in [7, 11) is 0. The van der Waals surface area contributed by atoms with Crippen molar-refractivity contribution in [2.24, 2.45) is 0 Å². The summed E-state index contributed by atoms with van der Waals surface area (Å²) in [5, 5.41) is 9.10. The summed E-state index contributed by atoms with van der Waals surface area (Å²) in [6.07, 6.45) is 5.36. The predicted molar refractivity (Wildman–Crippen MR) is 78.4 cm³/mol. The largest absolute Gasteiger partial charge is 0.478 e. The van der Waals surface area contributed by atoms with E-state index >= 15 is 0 Å². The monoisotopic (exact) mass is 284 g/mol. The van der Waals surface area contributed by atoms with Gasteiger partial charge in [-0.1, -0.05) is 0 Å². The molecule has 0 saturated carbocycles. The first-order valence-corrected chi connectivity index (χ1v) is 6.75. The molecular weight excluding hydrogens is 268 g/mol. The zero-order chi connectivity index (χ0) is 15.0. The van der Waals surface area contributed by atoms with Gasteiger partial charge in [0, 0.05) is 12.2 Å². The van der Waals surface area contributed by atoms with Crippen LogP contribution < -0.4 is 0 Å². The fourth-order valence-electron chi connectivity index (χ4n) is 2.41. The molecule has 0 aliphatic carbocycles. The van der Waals surface area contributed by atoms with E-state index in [4.69, 9.17) is 5.11 Å². The number of carboxylic acid groups (broad SMARTS) is 1. The first kappa shape index (κ1) is 13.4. The minimum absolute atomic E-state index is 0.265. The molecular formula is C15H16N4O2. The van der Waals surface area contributed by atoms with Crippen molar-refractivity contribution in [1.29, 1.82) is 0 Å². The summed E-state index contributed by atoms with van der Waals surface area (Å²) in [6.45, 7) is 4.80. The second kappa shape index (κ2) is 5.05. The SMILES string of the molecule is CC(C)n1cncc1Cn1cnc2ccc(C(=O)O)cc21. The first-order chi connectivity index (χ1) is 10.1. The Kier molecular flexibility index (Phi) is 3.21. The lowest BCUT2D eigenvalue weighted by atomic mass is 10.2. The highest BCUT2D eigenvalue weighted by Crippen LogP contribution is 2.18. The minimum atomic E-state index is -0.933. The predicted octanol–water partition coefficient (Wildman–Crippen LogP) is 2.56. The van der Waals surface area contributed by atoms with Crippen molar-refractivity contribution in [3.05, 3.63) is 48.3 Å². The lowest BCUT2D eigenvalue weighted by molar-refractivity contribution is 0.0697. The van der Waals surface area contributed by atoms with Crippen molar-refractivity contribution in [1.82, 2.24) is 19.1 Å². The van der Waals surface area contributed by atoms with Gasteiger partial charge in [-0.05, 0) is 32.0 Å². The van der Waals surface area contributed by atoms with Crippen molar-refractivity contribution in [2.75, 3.05) is 0 Å². The average Bonchev–Trinajstić information content (AvgIpc) is 3.06. The average molecular weight is 284 g/mol. The zero-order valence-electron chi connectivity index (χ0n) is 11.9. The molecule has 0 amide bonds. The van der Waals surface area contributed by atoms with Crippen LogP contribution in [0.3, 0.4) is 0 Å². The number of carboxylic acids is 1. The molecule has 2 heterocycles. The number of aromatic carboxylic acids is 1. The minimum Gasteiger partial charge on any atom is -0.478 e. The Morgan fingerprint density at radius 1 is 1.33 bits per heavy atom. The first-order valence-electron chi connectivity index (χ1n) is 6.75. The van der Waals surface area contributed by atoms with E-state index in [0.717, 1.165) is 16.7 Å². The molecule has 2 aromatic heterocycles. The maximum Gasteiger partial charge on any atom is 0.335 e. The topological polar surface area (TPSA) is 72.9 Å². The van der Waals surface area contributed by atoms with Gasteiger partial charge in [-0.3, -0.25) is 0 Å². The second-order valence-corrected chi connectivity index (χ2v) is 5.27. The van der Waals surface area contributed by atoms with Gasteiger partial charge < -0.3 is 14.2 Å². The normalized spacial score (nSPS) is 11.4. The van der Waals surface area contributed by atoms with Gasteiger partial charge >= 0.3 is 5.97 Å². The quantitative estimate of drug-likeness (QED) is 0.799. The summed E-state index contributed by atoms with van der Waals surface area (Å²) in [4.78, 5) is 19.6. The molecule has 1 aromatic carbocycles. The Hall–Kier alpha value is -2.63. The lowest BCUT2D eigenvalue weighted by Crippen LogP contribution is -2.08. The van der Waals surface area contributed by atoms with Gasteiger partial charge in [0.15, 0.2) is 0 Å². The standard InChI is InChI=1S/C15H16N4O2/c1-10(2)19-8-16-6-12(19)7-18-9-17-13-4-3-11(15(20)21)5-14(13)18/h3-6,8-10H,7H2,1-2H3,(H,20,21). The van der Waals surface area contributed by atoms with Gasteiger partial charge in [0.25, 0.3) is 0 Å². The van der Waals surface area contributed by atoms with Crippen LogP contribution in [0.2, 0.25) is 0 Å². The van der Waals surface area contributed by atoms with Gasteiger partial charge in [-0.25, -0.2) is 14.8 Å². The molecule has 3 aromatic rings. The number of nitrogens with zero attached hydrogens (tertiary/aromatic N) is 4. The Balaban J connectivity index is 2.02. The summed E-state index contributed by atoms with van der Waals surface area (Å²) in [5.74, 6) is -0.933. The third kappa shape index (κ3) is 2.40. The van der Waals surface area contributed by atoms with Crippen LogP contribution in [0.5, 0.6) is 0 Å². The maximum atomic E-state index is 11.1. The van der Waals surface area contributed by atoms with E-state index < -0.39 is 5.97 Å². The van der Waals surface area contributed by atoms with Crippen LogP contribution >= 0.6 is 0 Å². The number of aromatic nitrogens is 4. The Morgan fingerprint density at radius 2 is 2.14 bits per heavy atom. The maximum absolute atomic E-state index is 11.1. The molecule has 6 heteroatoms. The molecule has 0 atom stereocenters. The molecule has 0 saturated heterocycles. The number of carbonyl (C=O) groups is 1. The number of fused-ring (bicyclic) bond motifs is 1. The molecule has 6 nitrogen and oxygen atoms in total. The lowest BCUT2D eigenvalue weighted by Gasteiger charge is -2.12. The Morgan fingerprint density at radius 3 is 2.86 bits per heavy atom. The van der Waals surface area contributed by atoms with Gasteiger partial charge in [0.2, 0.25) is 0 Å². The molecule has 0 fully saturated rings. The highest BCUT2D eigenvalue weighted by Gasteiger charge is 2.11. The van der Waals surface area contributed by atoms with Crippen LogP contribution in [0, 0.1) is 0 Å². The van der Waals surface area contributed by atoms with E-state index in [0.29, 0.717) is 12.6 Å². The number of benzene rings is 1. The van der Waals surface area contributed by atoms with Crippen LogP contribution in [-0.2, 0) is 6.54 Å². The Labute approximate surface area is 121 Å². The van der Waals surface area contributed by atoms with Crippen LogP contribution in [0.1, 0.15) is 35.9 Å². The van der Waals surface area contributed by atoms with Crippen molar-refractivity contribution in [2.45, 2.75) is 26.4 Å². The Bertz CT molecular complexity index is 801. The van der Waals surface area contributed by atoms with Gasteiger partial charge in [0.1, 0.15) is 0 Å². The summed E-state index contributed by atoms with van der Waals surface area (Å²) >= 11 is 0. The smallest absolute Gasteiger partial charge is 0.335 e. The fourth-order valence-corrected chi connectivity index (χ4v) is 2.41. The fraction of sp³-hybridized carbons (Fsp3) is 0.267. The highest BCUT2D eigenvalue weighted by molar-refractivity contribution is 5.92. The van der Waals surface area contributed by atoms with Gasteiger partial charge in [-0.15, -0.1) is 0 Å². The molecule has 0 bridgehead atoms. The molecule has 0 aliphatic rings. The third-order valence-electron chi connectivity index (χ3n) is 3.50. The van der Waals surface area contributed by atoms with Crippen molar-refractivity contribution in [3.63, 3.8) is 0 Å². The summed E-state index contributed by atoms with van der Waals surface area (Å²) in [5.41, 5.74) is 2.92. The summed E-state index contributed by atoms with van der Waals surface area (Å²) in [6, 6.07) is 5.28. The van der Waals surface area contributed by atoms with Crippen molar-refractivity contribution in [3.8, 4) is 0 Å². The molecule has 108 valence electrons. The number of hydrogen-bond acceptors (Lipinski definition) is 3. The molecule has 0 spiro atoms. The zero-order valence-corrected chi connectivity index (χ0v) is 11.9. The number of imidazole rings is 2. The second-order valence-electron chi connectivity index (χ2n) is 5.27. The van der Waals surface area contributed by atoms with Crippen LogP contribution in [0.25, 0.3) is 11.0 Å². The third-order valence-corrected chi connectivity index (χ3v) is 3.50. The van der Waals surface area contributed by atoms with Crippen LogP contribution in [-0.4, -0.2) is 30.2 Å². The molecule has 21 heavy (non-hydrogen) atoms. The van der Waals surface area contributed by atoms with Gasteiger partial charge in [0.05, 0.1) is 41.5 Å². The molecule has 3 rings (SSSR count). The summed E-state index contributed by atoms with van der Waals surface area (Å²) < 4.78 is 4.03. The molecule has 0 aliphatic heterocycles. The van der Waals surface area contributed by atoms with E-state index in [9.17, 15) is 4.79 Å². The molecule has 0 radical (unpaired) electrons. The van der Waals surface area contributed by atoms with E-state index in [1.165, 1.54) is 0 Å². The van der Waals surface area contributed by atoms with Crippen LogP contribution in [0.4, 0.5) is 0 Å². The van der Waals surface area contributed by atoms with E-state index in [-0.39, 0.29) is 5.56 Å². The highest BCUT2D eigenvalue weighted by atomic mass is 16.4. The van der Waals surface area contributed by atoms with Gasteiger partial charge in [-0.2, -0.15) is 0 Å². The van der Waals surface area contributed by atoms with Crippen molar-refractivity contribution >= 4 is 17.0 Å².